The minimum Gasteiger partial charge on any atom is -0.236 e. The van der Waals surface area contributed by atoms with Gasteiger partial charge < -0.3 is 0 Å². The second kappa shape index (κ2) is 11.4. The van der Waals surface area contributed by atoms with Gasteiger partial charge in [-0.15, -0.1) is 0 Å². The molecule has 0 radical (unpaired) electrons. The molecule has 0 atom stereocenters. The standard InChI is InChI=1S/C26H37FN2/c1-3-5-7-8-10-20-11-13-22(14-12-20)24-16-15-23(17-25(24)27)26-28-18-21(19-29-26)9-6-4-2/h15-20,22H,3-14H2,1-2H3. The highest BCUT2D eigenvalue weighted by Gasteiger charge is 2.24. The van der Waals surface area contributed by atoms with E-state index in [4.69, 9.17) is 0 Å². The molecule has 2 aromatic rings. The molecule has 3 heteroatoms. The molecule has 0 N–H and O–H groups in total. The fourth-order valence-electron chi connectivity index (χ4n) is 4.63. The molecule has 0 saturated heterocycles. The van der Waals surface area contributed by atoms with Gasteiger partial charge in [-0.3, -0.25) is 0 Å². The molecule has 1 aliphatic rings. The molecule has 0 spiro atoms. The Balaban J connectivity index is 1.56. The van der Waals surface area contributed by atoms with Gasteiger partial charge in [-0.25, -0.2) is 14.4 Å². The topological polar surface area (TPSA) is 25.8 Å². The Kier molecular flexibility index (Phi) is 8.64. The first-order valence-corrected chi connectivity index (χ1v) is 11.8. The molecule has 0 aliphatic heterocycles. The monoisotopic (exact) mass is 396 g/mol. The summed E-state index contributed by atoms with van der Waals surface area (Å²) in [5.41, 5.74) is 2.81. The van der Waals surface area contributed by atoms with Crippen molar-refractivity contribution in [3.8, 4) is 11.4 Å². The van der Waals surface area contributed by atoms with Crippen molar-refractivity contribution in [1.82, 2.24) is 9.97 Å². The van der Waals surface area contributed by atoms with Gasteiger partial charge in [0.15, 0.2) is 5.82 Å². The first kappa shape index (κ1) is 21.9. The predicted octanol–water partition coefficient (Wildman–Crippen LogP) is 7.87. The molecule has 0 bridgehead atoms. The van der Waals surface area contributed by atoms with Gasteiger partial charge >= 0.3 is 0 Å². The van der Waals surface area contributed by atoms with Crippen molar-refractivity contribution < 1.29 is 4.39 Å². The summed E-state index contributed by atoms with van der Waals surface area (Å²) in [4.78, 5) is 8.92. The van der Waals surface area contributed by atoms with Crippen LogP contribution in [0.2, 0.25) is 0 Å². The highest BCUT2D eigenvalue weighted by Crippen LogP contribution is 2.39. The van der Waals surface area contributed by atoms with Gasteiger partial charge in [-0.2, -0.15) is 0 Å². The summed E-state index contributed by atoms with van der Waals surface area (Å²) in [6.07, 6.45) is 18.6. The number of aromatic nitrogens is 2. The van der Waals surface area contributed by atoms with Crippen LogP contribution >= 0.6 is 0 Å². The van der Waals surface area contributed by atoms with E-state index >= 15 is 0 Å². The Morgan fingerprint density at radius 3 is 2.28 bits per heavy atom. The van der Waals surface area contributed by atoms with Gasteiger partial charge in [-0.1, -0.05) is 64.5 Å². The van der Waals surface area contributed by atoms with Crippen molar-refractivity contribution >= 4 is 0 Å². The first-order valence-electron chi connectivity index (χ1n) is 11.8. The maximum absolute atomic E-state index is 14.9. The van der Waals surface area contributed by atoms with E-state index < -0.39 is 0 Å². The summed E-state index contributed by atoms with van der Waals surface area (Å²) in [6.45, 7) is 4.44. The minimum absolute atomic E-state index is 0.0902. The molecule has 1 fully saturated rings. The second-order valence-corrected chi connectivity index (χ2v) is 8.82. The van der Waals surface area contributed by atoms with Gasteiger partial charge in [0.2, 0.25) is 0 Å². The minimum atomic E-state index is -0.0902. The maximum atomic E-state index is 14.9. The third kappa shape index (κ3) is 6.35. The Bertz CT molecular complexity index is 733. The van der Waals surface area contributed by atoms with Crippen LogP contribution in [0.4, 0.5) is 4.39 Å². The van der Waals surface area contributed by atoms with Crippen LogP contribution < -0.4 is 0 Å². The average molecular weight is 397 g/mol. The Morgan fingerprint density at radius 1 is 0.897 bits per heavy atom. The molecule has 1 aromatic carbocycles. The van der Waals surface area contributed by atoms with E-state index in [-0.39, 0.29) is 5.82 Å². The van der Waals surface area contributed by atoms with Crippen LogP contribution in [-0.4, -0.2) is 9.97 Å². The second-order valence-electron chi connectivity index (χ2n) is 8.82. The lowest BCUT2D eigenvalue weighted by Crippen LogP contribution is -2.14. The van der Waals surface area contributed by atoms with Crippen molar-refractivity contribution in [2.75, 3.05) is 0 Å². The SMILES string of the molecule is CCCCCCC1CCC(c2ccc(-c3ncc(CCCC)cn3)cc2F)CC1. The van der Waals surface area contributed by atoms with E-state index in [1.807, 2.05) is 24.5 Å². The molecule has 2 nitrogen and oxygen atoms in total. The van der Waals surface area contributed by atoms with Crippen LogP contribution in [0.1, 0.15) is 102 Å². The highest BCUT2D eigenvalue weighted by atomic mass is 19.1. The molecule has 158 valence electrons. The molecule has 0 unspecified atom stereocenters. The van der Waals surface area contributed by atoms with Gasteiger partial charge in [0.1, 0.15) is 5.82 Å². The van der Waals surface area contributed by atoms with Crippen LogP contribution in [0, 0.1) is 11.7 Å². The van der Waals surface area contributed by atoms with E-state index in [1.165, 1.54) is 44.9 Å². The van der Waals surface area contributed by atoms with Crippen molar-refractivity contribution in [1.29, 1.82) is 0 Å². The van der Waals surface area contributed by atoms with Crippen LogP contribution in [0.25, 0.3) is 11.4 Å². The van der Waals surface area contributed by atoms with Crippen molar-refractivity contribution in [3.05, 3.63) is 47.5 Å². The number of rotatable bonds is 10. The van der Waals surface area contributed by atoms with Crippen LogP contribution in [0.15, 0.2) is 30.6 Å². The Hall–Kier alpha value is -1.77. The average Bonchev–Trinajstić information content (AvgIpc) is 2.76. The van der Waals surface area contributed by atoms with Gasteiger partial charge in [0, 0.05) is 18.0 Å². The number of hydrogen-bond donors (Lipinski definition) is 0. The molecule has 1 aliphatic carbocycles. The molecule has 29 heavy (non-hydrogen) atoms. The number of hydrogen-bond acceptors (Lipinski definition) is 2. The highest BCUT2D eigenvalue weighted by molar-refractivity contribution is 5.55. The molecular formula is C26H37FN2. The van der Waals surface area contributed by atoms with Crippen molar-refractivity contribution in [2.24, 2.45) is 5.92 Å². The lowest BCUT2D eigenvalue weighted by molar-refractivity contribution is 0.298. The van der Waals surface area contributed by atoms with Crippen molar-refractivity contribution in [3.63, 3.8) is 0 Å². The number of unbranched alkanes of at least 4 members (excludes halogenated alkanes) is 4. The lowest BCUT2D eigenvalue weighted by Gasteiger charge is -2.29. The number of halogens is 1. The molecular weight excluding hydrogens is 359 g/mol. The van der Waals surface area contributed by atoms with Crippen LogP contribution in [-0.2, 0) is 6.42 Å². The molecule has 3 rings (SSSR count). The van der Waals surface area contributed by atoms with E-state index in [2.05, 4.69) is 23.8 Å². The predicted molar refractivity (Wildman–Crippen MR) is 119 cm³/mol. The summed E-state index contributed by atoms with van der Waals surface area (Å²) in [5, 5.41) is 0. The molecule has 1 aromatic heterocycles. The zero-order valence-electron chi connectivity index (χ0n) is 18.3. The maximum Gasteiger partial charge on any atom is 0.159 e. The fraction of sp³-hybridized carbons (Fsp3) is 0.615. The van der Waals surface area contributed by atoms with E-state index in [0.717, 1.165) is 54.7 Å². The smallest absolute Gasteiger partial charge is 0.159 e. The summed E-state index contributed by atoms with van der Waals surface area (Å²) < 4.78 is 14.9. The van der Waals surface area contributed by atoms with E-state index in [0.29, 0.717) is 11.7 Å². The summed E-state index contributed by atoms with van der Waals surface area (Å²) in [7, 11) is 0. The third-order valence-electron chi connectivity index (χ3n) is 6.54. The van der Waals surface area contributed by atoms with E-state index in [9.17, 15) is 4.39 Å². The number of nitrogens with zero attached hydrogens (tertiary/aromatic N) is 2. The largest absolute Gasteiger partial charge is 0.236 e. The zero-order chi connectivity index (χ0) is 20.5. The lowest BCUT2D eigenvalue weighted by atomic mass is 9.76. The summed E-state index contributed by atoms with van der Waals surface area (Å²) >= 11 is 0. The Labute approximate surface area is 176 Å². The molecule has 1 saturated carbocycles. The molecule has 0 amide bonds. The normalized spacial score (nSPS) is 19.4. The van der Waals surface area contributed by atoms with Crippen LogP contribution in [0.3, 0.4) is 0 Å². The third-order valence-corrected chi connectivity index (χ3v) is 6.54. The van der Waals surface area contributed by atoms with Gasteiger partial charge in [0.05, 0.1) is 0 Å². The zero-order valence-corrected chi connectivity index (χ0v) is 18.3. The van der Waals surface area contributed by atoms with Gasteiger partial charge in [-0.05, 0) is 67.6 Å². The Morgan fingerprint density at radius 2 is 1.62 bits per heavy atom. The summed E-state index contributed by atoms with van der Waals surface area (Å²) in [5.74, 6) is 1.75. The number of benzene rings is 1. The van der Waals surface area contributed by atoms with Crippen molar-refractivity contribution in [2.45, 2.75) is 96.8 Å². The van der Waals surface area contributed by atoms with E-state index in [1.54, 1.807) is 6.07 Å². The number of aryl methyl sites for hydroxylation is 1. The van der Waals surface area contributed by atoms with Gasteiger partial charge in [0.25, 0.3) is 0 Å². The summed E-state index contributed by atoms with van der Waals surface area (Å²) in [6, 6.07) is 5.61. The fourth-order valence-corrected chi connectivity index (χ4v) is 4.63. The molecule has 1 heterocycles. The quantitative estimate of drug-likeness (QED) is 0.382. The van der Waals surface area contributed by atoms with Crippen LogP contribution in [0.5, 0.6) is 0 Å². The first-order chi connectivity index (χ1) is 14.2.